The number of rotatable bonds is 1. The molecule has 0 N–H and O–H groups in total. The van der Waals surface area contributed by atoms with E-state index < -0.39 is 0 Å². The summed E-state index contributed by atoms with van der Waals surface area (Å²) in [6, 6.07) is 6.25. The minimum Gasteiger partial charge on any atom is -0.240 e. The molecule has 2 heteroatoms. The van der Waals surface area contributed by atoms with Crippen LogP contribution in [0, 0.1) is 6.92 Å². The molecule has 0 bridgehead atoms. The first-order chi connectivity index (χ1) is 6.66. The van der Waals surface area contributed by atoms with E-state index in [1.165, 1.54) is 5.56 Å². The molecule has 0 aliphatic rings. The third kappa shape index (κ3) is 1.60. The molecular weight excluding hydrogens is 172 g/mol. The van der Waals surface area contributed by atoms with Crippen LogP contribution in [0.25, 0.3) is 10.9 Å². The molecule has 1 aromatic carbocycles. The molecular formula is C12H14N2. The topological polar surface area (TPSA) is 25.8 Å². The molecule has 0 atom stereocenters. The van der Waals surface area contributed by atoms with Crippen molar-refractivity contribution in [3.05, 3.63) is 35.8 Å². The van der Waals surface area contributed by atoms with Crippen molar-refractivity contribution in [1.82, 2.24) is 9.97 Å². The van der Waals surface area contributed by atoms with E-state index in [2.05, 4.69) is 48.9 Å². The predicted octanol–water partition coefficient (Wildman–Crippen LogP) is 3.06. The molecule has 0 aliphatic heterocycles. The highest BCUT2D eigenvalue weighted by Crippen LogP contribution is 2.15. The van der Waals surface area contributed by atoms with Crippen molar-refractivity contribution in [2.75, 3.05) is 0 Å². The molecule has 0 saturated carbocycles. The Morgan fingerprint density at radius 2 is 2.00 bits per heavy atom. The number of fused-ring (bicyclic) bond motifs is 1. The van der Waals surface area contributed by atoms with E-state index in [4.69, 9.17) is 0 Å². The zero-order valence-electron chi connectivity index (χ0n) is 8.78. The van der Waals surface area contributed by atoms with Crippen LogP contribution in [0.15, 0.2) is 24.4 Å². The lowest BCUT2D eigenvalue weighted by Crippen LogP contribution is -1.96. The highest BCUT2D eigenvalue weighted by atomic mass is 14.9. The molecule has 0 aliphatic carbocycles. The molecule has 0 spiro atoms. The van der Waals surface area contributed by atoms with Crippen LogP contribution in [-0.2, 0) is 0 Å². The van der Waals surface area contributed by atoms with E-state index in [9.17, 15) is 0 Å². The maximum atomic E-state index is 4.52. The Morgan fingerprint density at radius 3 is 2.71 bits per heavy atom. The molecule has 0 saturated heterocycles. The summed E-state index contributed by atoms with van der Waals surface area (Å²) in [5.74, 6) is 1.31. The van der Waals surface area contributed by atoms with Gasteiger partial charge in [-0.2, -0.15) is 0 Å². The number of benzene rings is 1. The molecule has 72 valence electrons. The third-order valence-corrected chi connectivity index (χ3v) is 2.27. The fourth-order valence-corrected chi connectivity index (χ4v) is 1.43. The Balaban J connectivity index is 2.63. The van der Waals surface area contributed by atoms with Crippen molar-refractivity contribution in [1.29, 1.82) is 0 Å². The minimum atomic E-state index is 0.389. The molecule has 0 fully saturated rings. The standard InChI is InChI=1S/C12H14N2/c1-8(2)12-13-7-10-5-4-9(3)6-11(10)14-12/h4-8H,1-3H3. The molecule has 2 aromatic rings. The monoisotopic (exact) mass is 186 g/mol. The van der Waals surface area contributed by atoms with Gasteiger partial charge in [0.15, 0.2) is 0 Å². The lowest BCUT2D eigenvalue weighted by molar-refractivity contribution is 0.783. The maximum absolute atomic E-state index is 4.52. The van der Waals surface area contributed by atoms with Crippen LogP contribution in [-0.4, -0.2) is 9.97 Å². The summed E-state index contributed by atoms with van der Waals surface area (Å²) in [7, 11) is 0. The van der Waals surface area contributed by atoms with Crippen molar-refractivity contribution in [3.8, 4) is 0 Å². The van der Waals surface area contributed by atoms with E-state index in [0.29, 0.717) is 5.92 Å². The first kappa shape index (κ1) is 9.13. The Kier molecular flexibility index (Phi) is 2.20. The summed E-state index contributed by atoms with van der Waals surface area (Å²) in [6.45, 7) is 6.30. The molecule has 2 nitrogen and oxygen atoms in total. The van der Waals surface area contributed by atoms with Gasteiger partial charge in [-0.15, -0.1) is 0 Å². The zero-order valence-corrected chi connectivity index (χ0v) is 8.78. The third-order valence-electron chi connectivity index (χ3n) is 2.27. The zero-order chi connectivity index (χ0) is 10.1. The van der Waals surface area contributed by atoms with Gasteiger partial charge in [0.2, 0.25) is 0 Å². The maximum Gasteiger partial charge on any atom is 0.131 e. The van der Waals surface area contributed by atoms with E-state index in [1.807, 2.05) is 6.20 Å². The van der Waals surface area contributed by atoms with Gasteiger partial charge in [0.25, 0.3) is 0 Å². The van der Waals surface area contributed by atoms with Crippen molar-refractivity contribution in [3.63, 3.8) is 0 Å². The number of hydrogen-bond donors (Lipinski definition) is 0. The molecule has 1 aromatic heterocycles. The summed E-state index contributed by atoms with van der Waals surface area (Å²) < 4.78 is 0. The van der Waals surface area contributed by atoms with Crippen LogP contribution in [0.3, 0.4) is 0 Å². The number of nitrogens with zero attached hydrogens (tertiary/aromatic N) is 2. The van der Waals surface area contributed by atoms with Gasteiger partial charge >= 0.3 is 0 Å². The van der Waals surface area contributed by atoms with Crippen molar-refractivity contribution >= 4 is 10.9 Å². The van der Waals surface area contributed by atoms with E-state index >= 15 is 0 Å². The Labute approximate surface area is 84.0 Å². The molecule has 0 amide bonds. The average Bonchev–Trinajstić information content (AvgIpc) is 2.16. The van der Waals surface area contributed by atoms with E-state index in [-0.39, 0.29) is 0 Å². The molecule has 0 unspecified atom stereocenters. The van der Waals surface area contributed by atoms with Gasteiger partial charge in [0.05, 0.1) is 5.52 Å². The first-order valence-electron chi connectivity index (χ1n) is 4.90. The number of aryl methyl sites for hydroxylation is 1. The molecule has 14 heavy (non-hydrogen) atoms. The van der Waals surface area contributed by atoms with E-state index in [0.717, 1.165) is 16.7 Å². The van der Waals surface area contributed by atoms with Crippen LogP contribution in [0.1, 0.15) is 31.2 Å². The Hall–Kier alpha value is -1.44. The number of hydrogen-bond acceptors (Lipinski definition) is 2. The molecule has 2 rings (SSSR count). The summed E-state index contributed by atoms with van der Waals surface area (Å²) in [6.07, 6.45) is 1.90. The fourth-order valence-electron chi connectivity index (χ4n) is 1.43. The van der Waals surface area contributed by atoms with Gasteiger partial charge in [-0.25, -0.2) is 9.97 Å². The first-order valence-corrected chi connectivity index (χ1v) is 4.90. The Morgan fingerprint density at radius 1 is 1.21 bits per heavy atom. The second kappa shape index (κ2) is 3.37. The van der Waals surface area contributed by atoms with Crippen molar-refractivity contribution in [2.45, 2.75) is 26.7 Å². The largest absolute Gasteiger partial charge is 0.240 e. The Bertz CT molecular complexity index is 461. The quantitative estimate of drug-likeness (QED) is 0.684. The van der Waals surface area contributed by atoms with Gasteiger partial charge in [0.1, 0.15) is 5.82 Å². The van der Waals surface area contributed by atoms with Gasteiger partial charge in [0, 0.05) is 17.5 Å². The minimum absolute atomic E-state index is 0.389. The highest BCUT2D eigenvalue weighted by Gasteiger charge is 2.03. The van der Waals surface area contributed by atoms with Crippen LogP contribution in [0.5, 0.6) is 0 Å². The van der Waals surface area contributed by atoms with Gasteiger partial charge in [-0.05, 0) is 18.6 Å². The average molecular weight is 186 g/mol. The smallest absolute Gasteiger partial charge is 0.131 e. The predicted molar refractivity (Wildman–Crippen MR) is 58.4 cm³/mol. The van der Waals surface area contributed by atoms with Gasteiger partial charge < -0.3 is 0 Å². The van der Waals surface area contributed by atoms with Crippen LogP contribution >= 0.6 is 0 Å². The van der Waals surface area contributed by atoms with E-state index in [1.54, 1.807) is 0 Å². The second-order valence-electron chi connectivity index (χ2n) is 3.95. The summed E-state index contributed by atoms with van der Waals surface area (Å²) in [4.78, 5) is 8.85. The van der Waals surface area contributed by atoms with Crippen molar-refractivity contribution < 1.29 is 0 Å². The summed E-state index contributed by atoms with van der Waals surface area (Å²) in [5, 5.41) is 1.11. The lowest BCUT2D eigenvalue weighted by Gasteiger charge is -2.04. The number of aromatic nitrogens is 2. The lowest BCUT2D eigenvalue weighted by atomic mass is 10.1. The fraction of sp³-hybridized carbons (Fsp3) is 0.333. The summed E-state index contributed by atoms with van der Waals surface area (Å²) >= 11 is 0. The summed E-state index contributed by atoms with van der Waals surface area (Å²) in [5.41, 5.74) is 2.29. The normalized spacial score (nSPS) is 11.1. The van der Waals surface area contributed by atoms with Crippen LogP contribution < -0.4 is 0 Å². The van der Waals surface area contributed by atoms with Crippen molar-refractivity contribution in [2.24, 2.45) is 0 Å². The SMILES string of the molecule is Cc1ccc2cnc(C(C)C)nc2c1. The highest BCUT2D eigenvalue weighted by molar-refractivity contribution is 5.78. The van der Waals surface area contributed by atoms with Crippen LogP contribution in [0.4, 0.5) is 0 Å². The van der Waals surface area contributed by atoms with Gasteiger partial charge in [-0.3, -0.25) is 0 Å². The molecule has 1 heterocycles. The van der Waals surface area contributed by atoms with Crippen LogP contribution in [0.2, 0.25) is 0 Å². The molecule has 0 radical (unpaired) electrons. The second-order valence-corrected chi connectivity index (χ2v) is 3.95. The van der Waals surface area contributed by atoms with Gasteiger partial charge in [-0.1, -0.05) is 26.0 Å².